The Kier molecular flexibility index (Phi) is 8.93. The molecule has 1 aromatic carbocycles. The predicted molar refractivity (Wildman–Crippen MR) is 121 cm³/mol. The maximum atomic E-state index is 10.8. The average Bonchev–Trinajstić information content (AvgIpc) is 2.70. The molecule has 1 aliphatic heterocycles. The predicted octanol–water partition coefficient (Wildman–Crippen LogP) is 3.97. The summed E-state index contributed by atoms with van der Waals surface area (Å²) < 4.78 is 16.3. The van der Waals surface area contributed by atoms with Crippen molar-refractivity contribution in [2.24, 2.45) is 0 Å². The molecule has 8 heteroatoms. The van der Waals surface area contributed by atoms with Gasteiger partial charge in [0.2, 0.25) is 0 Å². The van der Waals surface area contributed by atoms with Crippen molar-refractivity contribution in [2.45, 2.75) is 42.5 Å². The van der Waals surface area contributed by atoms with E-state index in [2.05, 4.69) is 46.7 Å². The van der Waals surface area contributed by atoms with E-state index in [4.69, 9.17) is 14.5 Å². The van der Waals surface area contributed by atoms with Crippen LogP contribution in [0.2, 0.25) is 0 Å². The van der Waals surface area contributed by atoms with Gasteiger partial charge in [0.05, 0.1) is 25.1 Å². The number of aromatic nitrogens is 1. The van der Waals surface area contributed by atoms with E-state index in [0.717, 1.165) is 24.7 Å². The van der Waals surface area contributed by atoms with E-state index in [0.29, 0.717) is 19.5 Å². The lowest BCUT2D eigenvalue weighted by molar-refractivity contribution is -0.0652. The van der Waals surface area contributed by atoms with Gasteiger partial charge >= 0.3 is 7.60 Å². The minimum absolute atomic E-state index is 0.0809. The van der Waals surface area contributed by atoms with E-state index in [1.807, 2.05) is 24.0 Å². The zero-order valence-electron chi connectivity index (χ0n) is 17.2. The van der Waals surface area contributed by atoms with Gasteiger partial charge in [0, 0.05) is 23.1 Å². The van der Waals surface area contributed by atoms with Crippen LogP contribution in [-0.2, 0) is 21.3 Å². The fraction of sp³-hybridized carbons (Fsp3) is 0.500. The average molecular weight is 451 g/mol. The second-order valence-corrected chi connectivity index (χ2v) is 10.8. The van der Waals surface area contributed by atoms with Crippen molar-refractivity contribution >= 4 is 19.4 Å². The molecule has 0 amide bonds. The minimum atomic E-state index is -3.89. The Morgan fingerprint density at radius 1 is 1.10 bits per heavy atom. The van der Waals surface area contributed by atoms with Crippen molar-refractivity contribution in [1.82, 2.24) is 10.3 Å². The van der Waals surface area contributed by atoms with Gasteiger partial charge in [-0.1, -0.05) is 36.8 Å². The molecule has 1 saturated heterocycles. The third kappa shape index (κ3) is 7.49. The van der Waals surface area contributed by atoms with Crippen LogP contribution >= 0.6 is 19.4 Å². The highest BCUT2D eigenvalue weighted by atomic mass is 32.2. The Balaban J connectivity index is 1.30. The molecule has 0 saturated carbocycles. The highest BCUT2D eigenvalue weighted by molar-refractivity contribution is 7.99. The molecule has 0 bridgehead atoms. The molecule has 164 valence electrons. The minimum Gasteiger partial charge on any atom is -0.379 e. The van der Waals surface area contributed by atoms with Gasteiger partial charge in [0.15, 0.2) is 0 Å². The fourth-order valence-corrected chi connectivity index (χ4v) is 5.02. The van der Waals surface area contributed by atoms with E-state index in [-0.39, 0.29) is 11.6 Å². The fourth-order valence-electron chi connectivity index (χ4n) is 3.58. The van der Waals surface area contributed by atoms with Crippen LogP contribution in [0.1, 0.15) is 36.9 Å². The maximum Gasteiger partial charge on any atom is 0.325 e. The largest absolute Gasteiger partial charge is 0.379 e. The Bertz CT molecular complexity index is 810. The Morgan fingerprint density at radius 3 is 2.53 bits per heavy atom. The number of ether oxygens (including phenoxy) is 1. The molecule has 2 heterocycles. The van der Waals surface area contributed by atoms with Gasteiger partial charge in [-0.05, 0) is 49.3 Å². The van der Waals surface area contributed by atoms with E-state index >= 15 is 0 Å². The summed E-state index contributed by atoms with van der Waals surface area (Å²) >= 11 is 1.84. The number of pyridine rings is 1. The smallest absolute Gasteiger partial charge is 0.325 e. The Morgan fingerprint density at radius 2 is 1.90 bits per heavy atom. The summed E-state index contributed by atoms with van der Waals surface area (Å²) in [7, 11) is -3.89. The van der Waals surface area contributed by atoms with Gasteiger partial charge in [-0.3, -0.25) is 9.55 Å². The van der Waals surface area contributed by atoms with Crippen LogP contribution in [0.3, 0.4) is 0 Å². The summed E-state index contributed by atoms with van der Waals surface area (Å²) in [5.74, 6) is 1.08. The molecule has 1 aliphatic rings. The monoisotopic (exact) mass is 450 g/mol. The van der Waals surface area contributed by atoms with Gasteiger partial charge in [-0.15, -0.1) is 11.8 Å². The van der Waals surface area contributed by atoms with Crippen molar-refractivity contribution < 1.29 is 19.1 Å². The van der Waals surface area contributed by atoms with Crippen molar-refractivity contribution in [1.29, 1.82) is 0 Å². The number of nitrogens with one attached hydrogen (secondary N) is 1. The first kappa shape index (κ1) is 23.5. The highest BCUT2D eigenvalue weighted by Gasteiger charge is 2.39. The molecule has 0 aliphatic carbocycles. The van der Waals surface area contributed by atoms with Crippen LogP contribution in [0.5, 0.6) is 0 Å². The molecule has 1 aromatic heterocycles. The maximum absolute atomic E-state index is 10.8. The molecule has 0 spiro atoms. The summed E-state index contributed by atoms with van der Waals surface area (Å²) in [4.78, 5) is 23.3. The zero-order chi connectivity index (χ0) is 21.3. The third-order valence-corrected chi connectivity index (χ3v) is 7.33. The SMILES string of the molecule is O=P(O)(O)CCCNCc1ccc(SCCCCC2(c3ccccc3)COC2)cn1. The standard InChI is InChI=1S/C22H31N2O4PS/c25-29(26,27)13-6-12-23-15-20-9-10-21(16-24-20)30-14-5-4-11-22(17-28-18-22)19-7-2-1-3-8-19/h1-3,7-10,16,23H,4-6,11-15,17-18H2,(H2,25,26,27). The molecule has 6 nitrogen and oxygen atoms in total. The van der Waals surface area contributed by atoms with Crippen molar-refractivity contribution in [3.05, 3.63) is 59.9 Å². The quantitative estimate of drug-likeness (QED) is 0.242. The van der Waals surface area contributed by atoms with Gasteiger partial charge < -0.3 is 19.8 Å². The highest BCUT2D eigenvalue weighted by Crippen LogP contribution is 2.37. The third-order valence-electron chi connectivity index (χ3n) is 5.37. The van der Waals surface area contributed by atoms with Crippen LogP contribution in [0, 0.1) is 0 Å². The first-order valence-electron chi connectivity index (χ1n) is 10.4. The second kappa shape index (κ2) is 11.4. The van der Waals surface area contributed by atoms with Crippen molar-refractivity contribution in [2.75, 3.05) is 31.7 Å². The summed E-state index contributed by atoms with van der Waals surface area (Å²) in [5.41, 5.74) is 2.55. The van der Waals surface area contributed by atoms with Crippen LogP contribution in [-0.4, -0.2) is 46.4 Å². The van der Waals surface area contributed by atoms with Crippen LogP contribution in [0.15, 0.2) is 53.6 Å². The number of nitrogens with zero attached hydrogens (tertiary/aromatic N) is 1. The molecule has 1 fully saturated rings. The lowest BCUT2D eigenvalue weighted by Crippen LogP contribution is -2.46. The topological polar surface area (TPSA) is 91.7 Å². The molecule has 0 atom stereocenters. The first-order chi connectivity index (χ1) is 14.5. The van der Waals surface area contributed by atoms with Crippen LogP contribution < -0.4 is 5.32 Å². The Hall–Kier alpha value is -1.21. The molecule has 3 rings (SSSR count). The molecule has 0 radical (unpaired) electrons. The normalized spacial score (nSPS) is 15.7. The molecule has 0 unspecified atom stereocenters. The first-order valence-corrected chi connectivity index (χ1v) is 13.2. The molecule has 2 aromatic rings. The lowest BCUT2D eigenvalue weighted by Gasteiger charge is -2.42. The van der Waals surface area contributed by atoms with Gasteiger partial charge in [-0.25, -0.2) is 0 Å². The summed E-state index contributed by atoms with van der Waals surface area (Å²) in [5, 5.41) is 3.17. The van der Waals surface area contributed by atoms with E-state index in [9.17, 15) is 4.57 Å². The number of unbranched alkanes of at least 4 members (excludes halogenated alkanes) is 1. The molecule has 3 N–H and O–H groups in total. The summed E-state index contributed by atoms with van der Waals surface area (Å²) in [6.07, 6.45) is 5.81. The number of benzene rings is 1. The molecular formula is C22H31N2O4PS. The number of thioether (sulfide) groups is 1. The molecule has 30 heavy (non-hydrogen) atoms. The summed E-state index contributed by atoms with van der Waals surface area (Å²) in [6.45, 7) is 2.85. The van der Waals surface area contributed by atoms with Gasteiger partial charge in [0.1, 0.15) is 0 Å². The number of rotatable bonds is 13. The van der Waals surface area contributed by atoms with Gasteiger partial charge in [-0.2, -0.15) is 0 Å². The number of hydrogen-bond acceptors (Lipinski definition) is 5. The van der Waals surface area contributed by atoms with Crippen LogP contribution in [0.25, 0.3) is 0 Å². The van der Waals surface area contributed by atoms with E-state index in [1.54, 1.807) is 0 Å². The Labute approximate surface area is 183 Å². The second-order valence-electron chi connectivity index (χ2n) is 7.85. The van der Waals surface area contributed by atoms with E-state index < -0.39 is 7.60 Å². The summed E-state index contributed by atoms with van der Waals surface area (Å²) in [6, 6.07) is 14.8. The lowest BCUT2D eigenvalue weighted by atomic mass is 9.75. The number of hydrogen-bond donors (Lipinski definition) is 3. The molecular weight excluding hydrogens is 419 g/mol. The van der Waals surface area contributed by atoms with Crippen LogP contribution in [0.4, 0.5) is 0 Å². The van der Waals surface area contributed by atoms with E-state index in [1.165, 1.54) is 29.7 Å². The van der Waals surface area contributed by atoms with Crippen molar-refractivity contribution in [3.8, 4) is 0 Å². The zero-order valence-corrected chi connectivity index (χ0v) is 18.9. The van der Waals surface area contributed by atoms with Gasteiger partial charge in [0.25, 0.3) is 0 Å². The van der Waals surface area contributed by atoms with Crippen molar-refractivity contribution in [3.63, 3.8) is 0 Å².